The van der Waals surface area contributed by atoms with E-state index < -0.39 is 0 Å². The van der Waals surface area contributed by atoms with Crippen molar-refractivity contribution in [2.45, 2.75) is 30.0 Å². The molecule has 3 aromatic rings. The third kappa shape index (κ3) is 4.41. The summed E-state index contributed by atoms with van der Waals surface area (Å²) in [5, 5.41) is -0.0830. The smallest absolute Gasteiger partial charge is 0.228 e. The van der Waals surface area contributed by atoms with Gasteiger partial charge in [-0.1, -0.05) is 42.0 Å². The van der Waals surface area contributed by atoms with E-state index in [0.29, 0.717) is 30.2 Å². The van der Waals surface area contributed by atoms with Crippen LogP contribution in [0.25, 0.3) is 0 Å². The van der Waals surface area contributed by atoms with Gasteiger partial charge in [0.25, 0.3) is 0 Å². The molecule has 1 aliphatic heterocycles. The maximum absolute atomic E-state index is 13.5. The predicted molar refractivity (Wildman–Crippen MR) is 128 cm³/mol. The second-order valence-electron chi connectivity index (χ2n) is 7.70. The van der Waals surface area contributed by atoms with Crippen molar-refractivity contribution in [1.29, 1.82) is 0 Å². The Balaban J connectivity index is 1.72. The SMILES string of the molecule is COc1cc(C2CC(=O)N(Cc3ccc(C)cc3)c3ccccc3S2)cc(OC)c1OC. The van der Waals surface area contributed by atoms with Crippen LogP contribution in [0, 0.1) is 6.92 Å². The lowest BCUT2D eigenvalue weighted by molar-refractivity contribution is -0.118. The number of thioether (sulfide) groups is 1. The summed E-state index contributed by atoms with van der Waals surface area (Å²) < 4.78 is 16.5. The summed E-state index contributed by atoms with van der Waals surface area (Å²) in [5.74, 6) is 1.81. The first-order valence-electron chi connectivity index (χ1n) is 10.5. The highest BCUT2D eigenvalue weighted by atomic mass is 32.2. The molecule has 1 heterocycles. The first kappa shape index (κ1) is 22.1. The largest absolute Gasteiger partial charge is 0.493 e. The minimum atomic E-state index is -0.0830. The third-order valence-corrected chi connectivity index (χ3v) is 6.93. The third-order valence-electron chi connectivity index (χ3n) is 5.61. The van der Waals surface area contributed by atoms with E-state index in [1.165, 1.54) is 5.56 Å². The van der Waals surface area contributed by atoms with Crippen LogP contribution in [0.2, 0.25) is 0 Å². The Labute approximate surface area is 193 Å². The molecule has 0 fully saturated rings. The van der Waals surface area contributed by atoms with E-state index in [4.69, 9.17) is 14.2 Å². The average Bonchev–Trinajstić information content (AvgIpc) is 2.95. The predicted octanol–water partition coefficient (Wildman–Crippen LogP) is 5.79. The minimum Gasteiger partial charge on any atom is -0.493 e. The summed E-state index contributed by atoms with van der Waals surface area (Å²) in [4.78, 5) is 16.5. The van der Waals surface area contributed by atoms with E-state index in [1.54, 1.807) is 33.1 Å². The van der Waals surface area contributed by atoms with Crippen molar-refractivity contribution < 1.29 is 19.0 Å². The molecular formula is C26H27NO4S. The quantitative estimate of drug-likeness (QED) is 0.477. The van der Waals surface area contributed by atoms with Gasteiger partial charge in [0.05, 0.1) is 33.6 Å². The molecule has 6 heteroatoms. The maximum Gasteiger partial charge on any atom is 0.228 e. The van der Waals surface area contributed by atoms with E-state index in [2.05, 4.69) is 37.3 Å². The van der Waals surface area contributed by atoms with Gasteiger partial charge in [-0.25, -0.2) is 0 Å². The molecule has 0 N–H and O–H groups in total. The van der Waals surface area contributed by atoms with Gasteiger partial charge < -0.3 is 19.1 Å². The van der Waals surface area contributed by atoms with Gasteiger partial charge in [-0.3, -0.25) is 4.79 Å². The van der Waals surface area contributed by atoms with Gasteiger partial charge in [0.1, 0.15) is 0 Å². The van der Waals surface area contributed by atoms with Gasteiger partial charge in [-0.05, 0) is 42.3 Å². The Morgan fingerprint density at radius 2 is 1.59 bits per heavy atom. The van der Waals surface area contributed by atoms with E-state index >= 15 is 0 Å². The van der Waals surface area contributed by atoms with Gasteiger partial charge in [0.15, 0.2) is 11.5 Å². The summed E-state index contributed by atoms with van der Waals surface area (Å²) in [6.07, 6.45) is 0.365. The topological polar surface area (TPSA) is 48.0 Å². The van der Waals surface area contributed by atoms with Gasteiger partial charge in [0, 0.05) is 16.6 Å². The number of anilines is 1. The fraction of sp³-hybridized carbons (Fsp3) is 0.269. The fourth-order valence-electron chi connectivity index (χ4n) is 3.90. The Bertz CT molecular complexity index is 1090. The van der Waals surface area contributed by atoms with Gasteiger partial charge in [-0.2, -0.15) is 0 Å². The first-order valence-corrected chi connectivity index (χ1v) is 11.3. The number of ether oxygens (including phenoxy) is 3. The van der Waals surface area contributed by atoms with Crippen LogP contribution in [-0.2, 0) is 11.3 Å². The maximum atomic E-state index is 13.5. The number of benzene rings is 3. The Morgan fingerprint density at radius 1 is 0.938 bits per heavy atom. The van der Waals surface area contributed by atoms with Crippen LogP contribution in [0.5, 0.6) is 17.2 Å². The van der Waals surface area contributed by atoms with Crippen molar-refractivity contribution in [3.63, 3.8) is 0 Å². The van der Waals surface area contributed by atoms with Crippen LogP contribution in [-0.4, -0.2) is 27.2 Å². The summed E-state index contributed by atoms with van der Waals surface area (Å²) in [6.45, 7) is 2.60. The van der Waals surface area contributed by atoms with Gasteiger partial charge in [-0.15, -0.1) is 11.8 Å². The lowest BCUT2D eigenvalue weighted by Gasteiger charge is -2.23. The molecule has 0 bridgehead atoms. The molecule has 0 aliphatic carbocycles. The molecule has 0 saturated carbocycles. The molecule has 4 rings (SSSR count). The highest BCUT2D eigenvalue weighted by molar-refractivity contribution is 7.99. The van der Waals surface area contributed by atoms with E-state index in [1.807, 2.05) is 35.2 Å². The van der Waals surface area contributed by atoms with Gasteiger partial charge >= 0.3 is 0 Å². The molecule has 1 unspecified atom stereocenters. The number of aryl methyl sites for hydroxylation is 1. The fourth-order valence-corrected chi connectivity index (χ4v) is 5.16. The highest BCUT2D eigenvalue weighted by Crippen LogP contribution is 2.49. The number of hydrogen-bond acceptors (Lipinski definition) is 5. The monoisotopic (exact) mass is 449 g/mol. The van der Waals surface area contributed by atoms with E-state index in [0.717, 1.165) is 21.7 Å². The van der Waals surface area contributed by atoms with Crippen molar-refractivity contribution in [2.24, 2.45) is 0 Å². The molecule has 0 aromatic heterocycles. The second-order valence-corrected chi connectivity index (χ2v) is 8.95. The van der Waals surface area contributed by atoms with E-state index in [9.17, 15) is 4.79 Å². The highest BCUT2D eigenvalue weighted by Gasteiger charge is 2.30. The Kier molecular flexibility index (Phi) is 6.61. The van der Waals surface area contributed by atoms with Crippen molar-refractivity contribution in [3.05, 3.63) is 77.4 Å². The molecule has 32 heavy (non-hydrogen) atoms. The Hall–Kier alpha value is -3.12. The number of rotatable bonds is 6. The standard InChI is InChI=1S/C26H27NO4S/c1-17-9-11-18(12-10-17)16-27-20-7-5-6-8-23(20)32-24(15-25(27)28)19-13-21(29-2)26(31-4)22(14-19)30-3/h5-14,24H,15-16H2,1-4H3. The van der Waals surface area contributed by atoms with Crippen LogP contribution >= 0.6 is 11.8 Å². The van der Waals surface area contributed by atoms with Crippen LogP contribution < -0.4 is 19.1 Å². The molecule has 0 radical (unpaired) electrons. The number of methoxy groups -OCH3 is 3. The summed E-state index contributed by atoms with van der Waals surface area (Å²) in [6, 6.07) is 20.3. The summed E-state index contributed by atoms with van der Waals surface area (Å²) in [5.41, 5.74) is 4.22. The molecule has 0 spiro atoms. The number of nitrogens with zero attached hydrogens (tertiary/aromatic N) is 1. The molecular weight excluding hydrogens is 422 g/mol. The van der Waals surface area contributed by atoms with Crippen molar-refractivity contribution in [2.75, 3.05) is 26.2 Å². The number of amides is 1. The molecule has 0 saturated heterocycles. The summed E-state index contributed by atoms with van der Waals surface area (Å²) in [7, 11) is 4.79. The average molecular weight is 450 g/mol. The van der Waals surface area contributed by atoms with Crippen molar-refractivity contribution >= 4 is 23.4 Å². The molecule has 166 valence electrons. The molecule has 3 aromatic carbocycles. The van der Waals surface area contributed by atoms with Crippen LogP contribution in [0.4, 0.5) is 5.69 Å². The number of para-hydroxylation sites is 1. The molecule has 1 aliphatic rings. The zero-order valence-corrected chi connectivity index (χ0v) is 19.6. The first-order chi connectivity index (χ1) is 15.5. The lowest BCUT2D eigenvalue weighted by atomic mass is 10.1. The number of carbonyl (C=O) groups excluding carboxylic acids is 1. The Morgan fingerprint density at radius 3 is 2.22 bits per heavy atom. The number of hydrogen-bond donors (Lipinski definition) is 0. The van der Waals surface area contributed by atoms with Crippen molar-refractivity contribution in [3.8, 4) is 17.2 Å². The number of carbonyl (C=O) groups is 1. The van der Waals surface area contributed by atoms with Crippen LogP contribution in [0.1, 0.15) is 28.4 Å². The van der Waals surface area contributed by atoms with E-state index in [-0.39, 0.29) is 11.2 Å². The number of fused-ring (bicyclic) bond motifs is 1. The second kappa shape index (κ2) is 9.57. The lowest BCUT2D eigenvalue weighted by Crippen LogP contribution is -2.30. The van der Waals surface area contributed by atoms with Crippen LogP contribution in [0.15, 0.2) is 65.6 Å². The normalized spacial score (nSPS) is 15.7. The van der Waals surface area contributed by atoms with Crippen LogP contribution in [0.3, 0.4) is 0 Å². The zero-order valence-electron chi connectivity index (χ0n) is 18.8. The minimum absolute atomic E-state index is 0.0830. The molecule has 1 atom stereocenters. The molecule has 5 nitrogen and oxygen atoms in total. The molecule has 1 amide bonds. The van der Waals surface area contributed by atoms with Crippen molar-refractivity contribution in [1.82, 2.24) is 0 Å². The zero-order chi connectivity index (χ0) is 22.7. The summed E-state index contributed by atoms with van der Waals surface area (Å²) >= 11 is 1.69. The van der Waals surface area contributed by atoms with Gasteiger partial charge in [0.2, 0.25) is 11.7 Å².